The van der Waals surface area contributed by atoms with Crippen molar-refractivity contribution in [3.05, 3.63) is 53.2 Å². The van der Waals surface area contributed by atoms with E-state index in [9.17, 15) is 19.6 Å². The molecule has 11 heteroatoms. The van der Waals surface area contributed by atoms with E-state index in [0.29, 0.717) is 23.7 Å². The van der Waals surface area contributed by atoms with Gasteiger partial charge in [0, 0.05) is 56.0 Å². The molecule has 37 heavy (non-hydrogen) atoms. The molecule has 1 fully saturated rings. The molecule has 0 radical (unpaired) electrons. The molecule has 1 atom stereocenters. The number of aromatic amines is 1. The van der Waals surface area contributed by atoms with Crippen LogP contribution in [0.1, 0.15) is 17.3 Å². The van der Waals surface area contributed by atoms with Crippen molar-refractivity contribution in [2.24, 2.45) is 0 Å². The zero-order valence-corrected chi connectivity index (χ0v) is 22.4. The number of nitriles is 1. The number of nitrogens with zero attached hydrogens (tertiary/aromatic N) is 4. The van der Waals surface area contributed by atoms with Crippen molar-refractivity contribution in [2.75, 3.05) is 59.2 Å². The van der Waals surface area contributed by atoms with Crippen LogP contribution in [0.25, 0.3) is 10.9 Å². The maximum atomic E-state index is 13.0. The molecule has 0 saturated carbocycles. The second kappa shape index (κ2) is 12.5. The Morgan fingerprint density at radius 2 is 2.08 bits per heavy atom. The third kappa shape index (κ3) is 6.34. The maximum absolute atomic E-state index is 13.0. The predicted molar refractivity (Wildman–Crippen MR) is 145 cm³/mol. The third-order valence-corrected chi connectivity index (χ3v) is 7.15. The van der Waals surface area contributed by atoms with Crippen LogP contribution in [0.2, 0.25) is 0 Å². The summed E-state index contributed by atoms with van der Waals surface area (Å²) in [6.07, 6.45) is 3.13. The molecule has 1 aromatic heterocycles. The number of hydrogen-bond donors (Lipinski definition) is 2. The number of benzene rings is 1. The van der Waals surface area contributed by atoms with Crippen molar-refractivity contribution in [3.8, 4) is 6.07 Å². The smallest absolute Gasteiger partial charge is 0.351 e. The molecular weight excluding hydrogens is 492 g/mol. The number of rotatable bonds is 11. The fraction of sp³-hybridized carbons (Fsp3) is 0.385. The highest BCUT2D eigenvalue weighted by Gasteiger charge is 2.39. The van der Waals surface area contributed by atoms with Crippen molar-refractivity contribution >= 4 is 46.1 Å². The second-order valence-corrected chi connectivity index (χ2v) is 9.93. The van der Waals surface area contributed by atoms with Gasteiger partial charge in [-0.3, -0.25) is 9.59 Å². The number of H-pyrrole nitrogens is 1. The summed E-state index contributed by atoms with van der Waals surface area (Å²) >= 11 is 1.16. The van der Waals surface area contributed by atoms with E-state index < -0.39 is 11.2 Å². The van der Waals surface area contributed by atoms with Gasteiger partial charge in [-0.2, -0.15) is 5.26 Å². The fourth-order valence-electron chi connectivity index (χ4n) is 3.81. The molecule has 1 aliphatic rings. The quantitative estimate of drug-likeness (QED) is 0.199. The van der Waals surface area contributed by atoms with Crippen LogP contribution in [-0.4, -0.2) is 96.6 Å². The third-order valence-electron chi connectivity index (χ3n) is 5.85. The van der Waals surface area contributed by atoms with Gasteiger partial charge in [0.25, 0.3) is 5.91 Å². The molecule has 0 spiro atoms. The van der Waals surface area contributed by atoms with Gasteiger partial charge in [0.2, 0.25) is 5.91 Å². The Morgan fingerprint density at radius 1 is 1.32 bits per heavy atom. The normalized spacial score (nSPS) is 16.6. The van der Waals surface area contributed by atoms with Gasteiger partial charge in [0.1, 0.15) is 23.0 Å². The van der Waals surface area contributed by atoms with Crippen molar-refractivity contribution in [1.82, 2.24) is 19.7 Å². The van der Waals surface area contributed by atoms with E-state index in [1.807, 2.05) is 43.3 Å². The summed E-state index contributed by atoms with van der Waals surface area (Å²) in [6, 6.07) is 7.51. The van der Waals surface area contributed by atoms with Crippen molar-refractivity contribution in [1.29, 1.82) is 5.26 Å². The van der Waals surface area contributed by atoms with Crippen molar-refractivity contribution in [3.63, 3.8) is 0 Å². The number of hydrogen-bond acceptors (Lipinski definition) is 8. The molecule has 2 aromatic rings. The molecule has 1 aromatic carbocycles. The summed E-state index contributed by atoms with van der Waals surface area (Å²) in [6.45, 7) is 7.21. The van der Waals surface area contributed by atoms with Gasteiger partial charge in [-0.15, -0.1) is 0 Å². The van der Waals surface area contributed by atoms with E-state index in [0.717, 1.165) is 34.9 Å². The van der Waals surface area contributed by atoms with Crippen LogP contribution in [0.5, 0.6) is 0 Å². The van der Waals surface area contributed by atoms with Gasteiger partial charge in [-0.1, -0.05) is 24.4 Å². The number of esters is 1. The molecule has 0 bridgehead atoms. The monoisotopic (exact) mass is 524 g/mol. The summed E-state index contributed by atoms with van der Waals surface area (Å²) in [5.41, 5.74) is 1.96. The maximum Gasteiger partial charge on any atom is 0.351 e. The Morgan fingerprint density at radius 3 is 2.73 bits per heavy atom. The van der Waals surface area contributed by atoms with E-state index in [2.05, 4.69) is 16.9 Å². The van der Waals surface area contributed by atoms with E-state index in [-0.39, 0.29) is 30.5 Å². The average Bonchev–Trinajstić information content (AvgIpc) is 3.44. The van der Waals surface area contributed by atoms with Crippen LogP contribution in [0.3, 0.4) is 0 Å². The molecule has 1 aliphatic heterocycles. The first-order valence-corrected chi connectivity index (χ1v) is 12.7. The summed E-state index contributed by atoms with van der Waals surface area (Å²) in [5.74, 6) is -1.05. The van der Waals surface area contributed by atoms with Crippen molar-refractivity contribution in [2.45, 2.75) is 12.2 Å². The minimum Gasteiger partial charge on any atom is -0.457 e. The van der Waals surface area contributed by atoms with E-state index in [1.54, 1.807) is 25.1 Å². The van der Waals surface area contributed by atoms with Crippen LogP contribution in [0, 0.1) is 11.3 Å². The highest BCUT2D eigenvalue weighted by molar-refractivity contribution is 8.04. The Bertz CT molecular complexity index is 1260. The largest absolute Gasteiger partial charge is 0.457 e. The fourth-order valence-corrected chi connectivity index (χ4v) is 5.07. The highest BCUT2D eigenvalue weighted by atomic mass is 32.2. The number of likely N-dealkylation sites (N-methyl/N-ethyl adjacent to an activating group) is 2. The Hall–Kier alpha value is -3.75. The minimum absolute atomic E-state index is 0.0232. The first kappa shape index (κ1) is 27.8. The second-order valence-electron chi connectivity index (χ2n) is 8.74. The highest BCUT2D eigenvalue weighted by Crippen LogP contribution is 2.37. The number of nitrogens with one attached hydrogen (secondary N) is 2. The SMILES string of the molecule is C=CCOC(=O)/C(C#N)=C1\SC(CNc2ccc3[nH]cc(C(=O)N(C)CCN(C)C)c3c2)C(=O)N1CC. The lowest BCUT2D eigenvalue weighted by molar-refractivity contribution is -0.137. The number of anilines is 1. The first-order valence-electron chi connectivity index (χ1n) is 11.9. The van der Waals surface area contributed by atoms with E-state index >= 15 is 0 Å². The van der Waals surface area contributed by atoms with Gasteiger partial charge in [0.15, 0.2) is 5.57 Å². The Balaban J connectivity index is 1.76. The topological polar surface area (TPSA) is 122 Å². The summed E-state index contributed by atoms with van der Waals surface area (Å²) < 4.78 is 5.02. The van der Waals surface area contributed by atoms with Crippen LogP contribution < -0.4 is 5.32 Å². The number of fused-ring (bicyclic) bond motifs is 1. The molecule has 1 saturated heterocycles. The Kier molecular flexibility index (Phi) is 9.38. The zero-order chi connectivity index (χ0) is 27.1. The molecule has 1 unspecified atom stereocenters. The summed E-state index contributed by atoms with van der Waals surface area (Å²) in [4.78, 5) is 46.6. The molecule has 2 N–H and O–H groups in total. The molecule has 2 amide bonds. The van der Waals surface area contributed by atoms with E-state index in [1.165, 1.54) is 11.0 Å². The number of carbonyl (C=O) groups is 3. The first-order chi connectivity index (χ1) is 17.7. The molecule has 196 valence electrons. The zero-order valence-electron chi connectivity index (χ0n) is 21.5. The summed E-state index contributed by atoms with van der Waals surface area (Å²) in [7, 11) is 5.70. The van der Waals surface area contributed by atoms with Crippen LogP contribution in [-0.2, 0) is 14.3 Å². The van der Waals surface area contributed by atoms with Gasteiger partial charge < -0.3 is 29.7 Å². The van der Waals surface area contributed by atoms with Gasteiger partial charge in [0.05, 0.1) is 5.56 Å². The van der Waals surface area contributed by atoms with Crippen LogP contribution in [0.15, 0.2) is 47.7 Å². The van der Waals surface area contributed by atoms with Crippen LogP contribution in [0.4, 0.5) is 5.69 Å². The average molecular weight is 525 g/mol. The van der Waals surface area contributed by atoms with Gasteiger partial charge in [-0.05, 0) is 39.2 Å². The minimum atomic E-state index is -0.782. The predicted octanol–water partition coefficient (Wildman–Crippen LogP) is 2.64. The lowest BCUT2D eigenvalue weighted by Gasteiger charge is -2.19. The number of thioether (sulfide) groups is 1. The standard InChI is InChI=1S/C26H32N6O4S/c1-6-12-36-26(35)19(14-27)25-32(7-2)24(34)22(37-25)16-28-17-8-9-21-18(13-17)20(15-29-21)23(33)31(5)11-10-30(3)4/h6,8-9,13,15,22,28-29H,1,7,10-12,16H2,2-5H3/b25-19-. The van der Waals surface area contributed by atoms with Gasteiger partial charge in [-0.25, -0.2) is 4.79 Å². The molecule has 3 rings (SSSR count). The number of aromatic nitrogens is 1. The van der Waals surface area contributed by atoms with Crippen molar-refractivity contribution < 1.29 is 19.1 Å². The number of ether oxygens (including phenoxy) is 1. The molecule has 0 aliphatic carbocycles. The van der Waals surface area contributed by atoms with E-state index in [4.69, 9.17) is 4.74 Å². The van der Waals surface area contributed by atoms with Gasteiger partial charge >= 0.3 is 5.97 Å². The molecule has 10 nitrogen and oxygen atoms in total. The Labute approximate surface area is 220 Å². The lowest BCUT2D eigenvalue weighted by atomic mass is 10.1. The summed E-state index contributed by atoms with van der Waals surface area (Å²) in [5, 5.41) is 13.4. The molecular formula is C26H32N6O4S. The number of amides is 2. The number of carbonyl (C=O) groups excluding carboxylic acids is 3. The van der Waals surface area contributed by atoms with Crippen LogP contribution >= 0.6 is 11.8 Å². The molecule has 2 heterocycles. The lowest BCUT2D eigenvalue weighted by Crippen LogP contribution is -2.33.